The van der Waals surface area contributed by atoms with Gasteiger partial charge in [0.25, 0.3) is 0 Å². The zero-order chi connectivity index (χ0) is 22.8. The first-order valence-corrected chi connectivity index (χ1v) is 10.3. The molecule has 5 rings (SSSR count). The summed E-state index contributed by atoms with van der Waals surface area (Å²) in [4.78, 5) is 17.7. The van der Waals surface area contributed by atoms with Crippen molar-refractivity contribution in [2.75, 3.05) is 11.9 Å². The lowest BCUT2D eigenvalue weighted by Gasteiger charge is -2.12. The maximum Gasteiger partial charge on any atom is 0.223 e. The third kappa shape index (κ3) is 4.25. The second-order valence-corrected chi connectivity index (χ2v) is 7.38. The van der Waals surface area contributed by atoms with E-state index in [2.05, 4.69) is 30.4 Å². The van der Waals surface area contributed by atoms with E-state index in [-0.39, 0.29) is 5.56 Å². The molecule has 164 valence electrons. The first kappa shape index (κ1) is 20.6. The highest BCUT2D eigenvalue weighted by Crippen LogP contribution is 2.31. The van der Waals surface area contributed by atoms with Crippen LogP contribution in [0, 0.1) is 18.6 Å². The van der Waals surface area contributed by atoms with Gasteiger partial charge in [-0.1, -0.05) is 23.4 Å². The summed E-state index contributed by atoms with van der Waals surface area (Å²) in [6.07, 6.45) is 3.88. The number of aromatic nitrogens is 5. The van der Waals surface area contributed by atoms with Gasteiger partial charge in [0.15, 0.2) is 23.3 Å². The number of hydrogen-bond acceptors (Lipinski definition) is 7. The van der Waals surface area contributed by atoms with E-state index in [1.165, 1.54) is 12.1 Å². The van der Waals surface area contributed by atoms with Gasteiger partial charge in [-0.25, -0.2) is 18.7 Å². The maximum atomic E-state index is 14.4. The van der Waals surface area contributed by atoms with Gasteiger partial charge in [0, 0.05) is 48.8 Å². The van der Waals surface area contributed by atoms with Crippen LogP contribution in [-0.4, -0.2) is 31.6 Å². The van der Waals surface area contributed by atoms with E-state index in [9.17, 15) is 8.78 Å². The Bertz CT molecular complexity index is 1440. The van der Waals surface area contributed by atoms with Crippen LogP contribution in [0.25, 0.3) is 33.4 Å². The minimum atomic E-state index is -0.899. The van der Waals surface area contributed by atoms with Crippen molar-refractivity contribution in [2.24, 2.45) is 0 Å². The largest absolute Gasteiger partial charge is 0.369 e. The summed E-state index contributed by atoms with van der Waals surface area (Å²) in [5.41, 5.74) is 2.11. The van der Waals surface area contributed by atoms with Crippen LogP contribution in [0.1, 0.15) is 11.7 Å². The molecule has 0 unspecified atom stereocenters. The number of benzene rings is 2. The molecule has 0 aliphatic carbocycles. The molecule has 3 heterocycles. The first-order valence-electron chi connectivity index (χ1n) is 10.3. The number of rotatable bonds is 6. The van der Waals surface area contributed by atoms with Crippen LogP contribution in [0.15, 0.2) is 65.4 Å². The molecule has 1 N–H and O–H groups in total. The highest BCUT2D eigenvalue weighted by molar-refractivity contribution is 5.94. The molecule has 33 heavy (non-hydrogen) atoms. The van der Waals surface area contributed by atoms with Crippen molar-refractivity contribution in [3.05, 3.63) is 84.3 Å². The van der Waals surface area contributed by atoms with Gasteiger partial charge in [0.1, 0.15) is 5.82 Å². The van der Waals surface area contributed by atoms with Crippen LogP contribution in [0.4, 0.5) is 14.6 Å². The summed E-state index contributed by atoms with van der Waals surface area (Å²) in [5.74, 6) is 0.332. The smallest absolute Gasteiger partial charge is 0.223 e. The molecule has 0 bridgehead atoms. The Hall–Kier alpha value is -4.27. The SMILES string of the molecule is Cc1nc(CCNc2nc(-c3cccnc3)nc3ccc(-c4cccc(F)c4F)cc23)no1. The Morgan fingerprint density at radius 3 is 2.67 bits per heavy atom. The molecule has 0 amide bonds. The highest BCUT2D eigenvalue weighted by atomic mass is 19.2. The average molecular weight is 444 g/mol. The standard InChI is InChI=1S/C24H18F2N6O/c1-14-29-21(32-33-14)9-11-28-24-18-12-15(17-5-2-6-19(25)22(17)26)7-8-20(18)30-23(31-24)16-4-3-10-27-13-16/h2-8,10,12-13H,9,11H2,1H3,(H,28,30,31). The van der Waals surface area contributed by atoms with E-state index in [4.69, 9.17) is 4.52 Å². The van der Waals surface area contributed by atoms with Crippen LogP contribution in [0.3, 0.4) is 0 Å². The number of nitrogens with one attached hydrogen (secondary N) is 1. The predicted molar refractivity (Wildman–Crippen MR) is 119 cm³/mol. The van der Waals surface area contributed by atoms with Crippen LogP contribution >= 0.6 is 0 Å². The van der Waals surface area contributed by atoms with E-state index in [1.54, 1.807) is 37.5 Å². The van der Waals surface area contributed by atoms with Gasteiger partial charge >= 0.3 is 0 Å². The predicted octanol–water partition coefficient (Wildman–Crippen LogP) is 4.98. The van der Waals surface area contributed by atoms with E-state index >= 15 is 0 Å². The Balaban J connectivity index is 1.57. The van der Waals surface area contributed by atoms with Crippen molar-refractivity contribution >= 4 is 16.7 Å². The van der Waals surface area contributed by atoms with E-state index < -0.39 is 11.6 Å². The van der Waals surface area contributed by atoms with Gasteiger partial charge in [0.2, 0.25) is 5.89 Å². The number of fused-ring (bicyclic) bond motifs is 1. The second kappa shape index (κ2) is 8.70. The minimum absolute atomic E-state index is 0.168. The number of nitrogens with zero attached hydrogens (tertiary/aromatic N) is 5. The topological polar surface area (TPSA) is 89.6 Å². The Labute approximate surface area is 187 Å². The number of hydrogen-bond donors (Lipinski definition) is 1. The number of pyridine rings is 1. The van der Waals surface area contributed by atoms with Gasteiger partial charge in [0.05, 0.1) is 5.52 Å². The van der Waals surface area contributed by atoms with Crippen molar-refractivity contribution in [1.29, 1.82) is 0 Å². The zero-order valence-electron chi connectivity index (χ0n) is 17.6. The molecule has 0 aliphatic rings. The lowest BCUT2D eigenvalue weighted by Crippen LogP contribution is -2.09. The lowest BCUT2D eigenvalue weighted by molar-refractivity contribution is 0.387. The molecule has 0 fully saturated rings. The van der Waals surface area contributed by atoms with Gasteiger partial charge in [-0.3, -0.25) is 4.98 Å². The lowest BCUT2D eigenvalue weighted by atomic mass is 10.0. The molecule has 0 spiro atoms. The maximum absolute atomic E-state index is 14.4. The van der Waals surface area contributed by atoms with Crippen molar-refractivity contribution in [2.45, 2.75) is 13.3 Å². The van der Waals surface area contributed by atoms with Crippen molar-refractivity contribution in [1.82, 2.24) is 25.1 Å². The van der Waals surface area contributed by atoms with Gasteiger partial charge in [-0.2, -0.15) is 4.98 Å². The summed E-state index contributed by atoms with van der Waals surface area (Å²) in [5, 5.41) is 7.88. The molecular formula is C24H18F2N6O. The van der Waals surface area contributed by atoms with Crippen LogP contribution in [0.2, 0.25) is 0 Å². The summed E-state index contributed by atoms with van der Waals surface area (Å²) < 4.78 is 33.2. The van der Waals surface area contributed by atoms with Crippen LogP contribution < -0.4 is 5.32 Å². The van der Waals surface area contributed by atoms with Crippen molar-refractivity contribution in [3.63, 3.8) is 0 Å². The van der Waals surface area contributed by atoms with E-state index in [1.807, 2.05) is 12.1 Å². The van der Waals surface area contributed by atoms with Crippen molar-refractivity contribution in [3.8, 4) is 22.5 Å². The Morgan fingerprint density at radius 1 is 0.970 bits per heavy atom. The molecule has 0 saturated carbocycles. The summed E-state index contributed by atoms with van der Waals surface area (Å²) >= 11 is 0. The highest BCUT2D eigenvalue weighted by Gasteiger charge is 2.14. The van der Waals surface area contributed by atoms with Crippen LogP contribution in [-0.2, 0) is 6.42 Å². The molecule has 9 heteroatoms. The third-order valence-corrected chi connectivity index (χ3v) is 5.09. The molecule has 5 aromatic rings. The van der Waals surface area contributed by atoms with Crippen LogP contribution in [0.5, 0.6) is 0 Å². The van der Waals surface area contributed by atoms with Crippen molar-refractivity contribution < 1.29 is 13.3 Å². The normalized spacial score (nSPS) is 11.1. The number of anilines is 1. The number of halogens is 2. The molecule has 0 saturated heterocycles. The fourth-order valence-corrected chi connectivity index (χ4v) is 3.52. The second-order valence-electron chi connectivity index (χ2n) is 7.38. The molecule has 3 aromatic heterocycles. The Morgan fingerprint density at radius 2 is 1.88 bits per heavy atom. The zero-order valence-corrected chi connectivity index (χ0v) is 17.6. The fraction of sp³-hybridized carbons (Fsp3) is 0.125. The molecule has 0 atom stereocenters. The minimum Gasteiger partial charge on any atom is -0.369 e. The molecular weight excluding hydrogens is 426 g/mol. The average Bonchev–Trinajstić information content (AvgIpc) is 3.26. The first-order chi connectivity index (χ1) is 16.1. The van der Waals surface area contributed by atoms with Gasteiger partial charge in [-0.05, 0) is 35.9 Å². The summed E-state index contributed by atoms with van der Waals surface area (Å²) in [7, 11) is 0. The molecule has 7 nitrogen and oxygen atoms in total. The summed E-state index contributed by atoms with van der Waals surface area (Å²) in [6, 6.07) is 13.0. The van der Waals surface area contributed by atoms with E-state index in [0.717, 1.165) is 11.6 Å². The monoisotopic (exact) mass is 444 g/mol. The summed E-state index contributed by atoms with van der Waals surface area (Å²) in [6.45, 7) is 2.21. The molecule has 0 aliphatic heterocycles. The van der Waals surface area contributed by atoms with Gasteiger partial charge in [-0.15, -0.1) is 0 Å². The fourth-order valence-electron chi connectivity index (χ4n) is 3.52. The number of aryl methyl sites for hydroxylation is 1. The quantitative estimate of drug-likeness (QED) is 0.395. The van der Waals surface area contributed by atoms with Gasteiger partial charge < -0.3 is 9.84 Å². The Kier molecular flexibility index (Phi) is 5.43. The molecule has 2 aromatic carbocycles. The molecule has 0 radical (unpaired) electrons. The third-order valence-electron chi connectivity index (χ3n) is 5.09. The van der Waals surface area contributed by atoms with E-state index in [0.29, 0.717) is 52.8 Å².